The quantitative estimate of drug-likeness (QED) is 0.534. The molecule has 1 atom stereocenters. The van der Waals surface area contributed by atoms with E-state index >= 15 is 0 Å². The molecule has 0 fully saturated rings. The van der Waals surface area contributed by atoms with Crippen LogP contribution in [-0.2, 0) is 4.79 Å². The van der Waals surface area contributed by atoms with Crippen molar-refractivity contribution in [2.45, 2.75) is 50.2 Å². The Bertz CT molecular complexity index is 876. The van der Waals surface area contributed by atoms with E-state index in [4.69, 9.17) is 5.10 Å². The fourth-order valence-corrected chi connectivity index (χ4v) is 4.82. The number of Topliss-reactive ketones (excluding diaryl/α,β-unsaturated/α-hetero) is 1. The number of carbonyl (C=O) groups excluding carboxylic acids is 1. The third-order valence-electron chi connectivity index (χ3n) is 4.74. The van der Waals surface area contributed by atoms with Gasteiger partial charge >= 0.3 is 0 Å². The van der Waals surface area contributed by atoms with Gasteiger partial charge in [0.25, 0.3) is 0 Å². The SMILES string of the molecule is CCCCSc1nc2n(n1)C(c1cccc(Br)c1)C1=C(CCCC1=O)N2. The molecule has 2 aromatic rings. The van der Waals surface area contributed by atoms with Crippen molar-refractivity contribution >= 4 is 39.4 Å². The monoisotopic (exact) mass is 432 g/mol. The van der Waals surface area contributed by atoms with E-state index in [9.17, 15) is 4.79 Å². The standard InChI is InChI=1S/C19H21BrN4OS/c1-2-3-10-26-19-22-18-21-14-8-5-9-15(25)16(14)17(24(18)23-19)12-6-4-7-13(20)11-12/h4,6-7,11,17H,2-3,5,8-10H2,1H3,(H,21,22,23). The third kappa shape index (κ3) is 3.34. The van der Waals surface area contributed by atoms with Gasteiger partial charge in [0, 0.05) is 27.9 Å². The lowest BCUT2D eigenvalue weighted by molar-refractivity contribution is -0.116. The molecule has 5 nitrogen and oxygen atoms in total. The predicted molar refractivity (Wildman–Crippen MR) is 107 cm³/mol. The van der Waals surface area contributed by atoms with E-state index in [1.165, 1.54) is 0 Å². The van der Waals surface area contributed by atoms with Crippen molar-refractivity contribution in [3.05, 3.63) is 45.6 Å². The van der Waals surface area contributed by atoms with Gasteiger partial charge in [-0.15, -0.1) is 5.10 Å². The van der Waals surface area contributed by atoms with Gasteiger partial charge in [0.1, 0.15) is 6.04 Å². The van der Waals surface area contributed by atoms with Crippen LogP contribution in [0.1, 0.15) is 50.6 Å². The summed E-state index contributed by atoms with van der Waals surface area (Å²) in [5.41, 5.74) is 2.91. The van der Waals surface area contributed by atoms with Gasteiger partial charge in [0.15, 0.2) is 5.78 Å². The lowest BCUT2D eigenvalue weighted by Crippen LogP contribution is -2.31. The molecular weight excluding hydrogens is 412 g/mol. The summed E-state index contributed by atoms with van der Waals surface area (Å²) in [5, 5.41) is 8.89. The van der Waals surface area contributed by atoms with Crippen LogP contribution >= 0.6 is 27.7 Å². The zero-order valence-corrected chi connectivity index (χ0v) is 17.1. The highest BCUT2D eigenvalue weighted by Gasteiger charge is 2.36. The maximum Gasteiger partial charge on any atom is 0.227 e. The molecule has 0 bridgehead atoms. The van der Waals surface area contributed by atoms with Crippen molar-refractivity contribution in [1.29, 1.82) is 0 Å². The van der Waals surface area contributed by atoms with Crippen LogP contribution in [-0.4, -0.2) is 26.3 Å². The molecule has 1 aromatic carbocycles. The van der Waals surface area contributed by atoms with Crippen molar-refractivity contribution in [3.8, 4) is 0 Å². The molecule has 136 valence electrons. The summed E-state index contributed by atoms with van der Waals surface area (Å²) in [5.74, 6) is 1.96. The molecule has 0 radical (unpaired) electrons. The van der Waals surface area contributed by atoms with Crippen LogP contribution in [0.2, 0.25) is 0 Å². The number of thioether (sulfide) groups is 1. The van der Waals surface area contributed by atoms with Crippen molar-refractivity contribution in [2.24, 2.45) is 0 Å². The molecule has 0 saturated carbocycles. The third-order valence-corrected chi connectivity index (χ3v) is 6.16. The number of unbranched alkanes of at least 4 members (excludes halogenated alkanes) is 1. The first-order chi connectivity index (χ1) is 12.7. The summed E-state index contributed by atoms with van der Waals surface area (Å²) < 4.78 is 2.89. The topological polar surface area (TPSA) is 59.8 Å². The maximum absolute atomic E-state index is 12.7. The first kappa shape index (κ1) is 17.8. The van der Waals surface area contributed by atoms with Gasteiger partial charge in [-0.3, -0.25) is 4.79 Å². The second-order valence-electron chi connectivity index (χ2n) is 6.62. The number of benzene rings is 1. The minimum absolute atomic E-state index is 0.209. The van der Waals surface area contributed by atoms with Crippen LogP contribution in [0.5, 0.6) is 0 Å². The molecule has 1 unspecified atom stereocenters. The first-order valence-corrected chi connectivity index (χ1v) is 10.8. The van der Waals surface area contributed by atoms with Crippen LogP contribution < -0.4 is 5.32 Å². The van der Waals surface area contributed by atoms with Crippen molar-refractivity contribution in [1.82, 2.24) is 14.8 Å². The molecular formula is C19H21BrN4OS. The van der Waals surface area contributed by atoms with E-state index in [1.807, 2.05) is 16.8 Å². The minimum atomic E-state index is -0.209. The first-order valence-electron chi connectivity index (χ1n) is 9.05. The average Bonchev–Trinajstić information content (AvgIpc) is 3.02. The number of rotatable bonds is 5. The van der Waals surface area contributed by atoms with Gasteiger partial charge in [-0.1, -0.05) is 53.2 Å². The molecule has 2 aliphatic rings. The van der Waals surface area contributed by atoms with E-state index in [-0.39, 0.29) is 11.8 Å². The number of fused-ring (bicyclic) bond motifs is 1. The number of halogens is 1. The Morgan fingerprint density at radius 1 is 1.38 bits per heavy atom. The van der Waals surface area contributed by atoms with E-state index in [0.717, 1.165) is 63.8 Å². The fraction of sp³-hybridized carbons (Fsp3) is 0.421. The van der Waals surface area contributed by atoms with Gasteiger partial charge in [-0.05, 0) is 37.0 Å². The van der Waals surface area contributed by atoms with E-state index in [1.54, 1.807) is 11.8 Å². The van der Waals surface area contributed by atoms with Gasteiger partial charge in [0.2, 0.25) is 11.1 Å². The van der Waals surface area contributed by atoms with Crippen molar-refractivity contribution < 1.29 is 4.79 Å². The van der Waals surface area contributed by atoms with Gasteiger partial charge in [-0.2, -0.15) is 4.98 Å². The summed E-state index contributed by atoms with van der Waals surface area (Å²) in [7, 11) is 0. The summed E-state index contributed by atoms with van der Waals surface area (Å²) in [6.07, 6.45) is 4.68. The van der Waals surface area contributed by atoms with E-state index in [0.29, 0.717) is 6.42 Å². The lowest BCUT2D eigenvalue weighted by Gasteiger charge is -2.32. The number of hydrogen-bond donors (Lipinski definition) is 1. The highest BCUT2D eigenvalue weighted by atomic mass is 79.9. The Kier molecular flexibility index (Phi) is 5.18. The number of anilines is 1. The number of ketones is 1. The molecule has 1 aliphatic carbocycles. The Morgan fingerprint density at radius 3 is 3.08 bits per heavy atom. The van der Waals surface area contributed by atoms with Crippen LogP contribution in [0.15, 0.2) is 45.2 Å². The Labute approximate surface area is 165 Å². The molecule has 7 heteroatoms. The number of nitrogens with zero attached hydrogens (tertiary/aromatic N) is 3. The summed E-state index contributed by atoms with van der Waals surface area (Å²) in [6.45, 7) is 2.18. The molecule has 4 rings (SSSR count). The largest absolute Gasteiger partial charge is 0.328 e. The van der Waals surface area contributed by atoms with Gasteiger partial charge in [0.05, 0.1) is 0 Å². The van der Waals surface area contributed by atoms with Crippen molar-refractivity contribution in [3.63, 3.8) is 0 Å². The number of aromatic nitrogens is 3. The summed E-state index contributed by atoms with van der Waals surface area (Å²) in [6, 6.07) is 7.92. The average molecular weight is 433 g/mol. The Hall–Kier alpha value is -1.60. The van der Waals surface area contributed by atoms with E-state index < -0.39 is 0 Å². The molecule has 26 heavy (non-hydrogen) atoms. The molecule has 0 spiro atoms. The number of hydrogen-bond acceptors (Lipinski definition) is 5. The maximum atomic E-state index is 12.7. The van der Waals surface area contributed by atoms with Crippen LogP contribution in [0.25, 0.3) is 0 Å². The summed E-state index contributed by atoms with van der Waals surface area (Å²) >= 11 is 5.23. The molecule has 1 aromatic heterocycles. The van der Waals surface area contributed by atoms with Crippen LogP contribution in [0, 0.1) is 0 Å². The predicted octanol–water partition coefficient (Wildman–Crippen LogP) is 4.95. The molecule has 2 heterocycles. The van der Waals surface area contributed by atoms with Gasteiger partial charge in [-0.25, -0.2) is 4.68 Å². The van der Waals surface area contributed by atoms with E-state index in [2.05, 4.69) is 45.3 Å². The highest BCUT2D eigenvalue weighted by Crippen LogP contribution is 2.41. The highest BCUT2D eigenvalue weighted by molar-refractivity contribution is 9.10. The molecule has 0 saturated heterocycles. The summed E-state index contributed by atoms with van der Waals surface area (Å²) in [4.78, 5) is 17.4. The van der Waals surface area contributed by atoms with Crippen LogP contribution in [0.4, 0.5) is 5.95 Å². The zero-order valence-electron chi connectivity index (χ0n) is 14.7. The lowest BCUT2D eigenvalue weighted by atomic mass is 9.85. The normalized spacial score (nSPS) is 19.2. The molecule has 1 N–H and O–H groups in total. The number of allylic oxidation sites excluding steroid dienone is 2. The number of nitrogens with one attached hydrogen (secondary N) is 1. The second-order valence-corrected chi connectivity index (χ2v) is 8.59. The smallest absolute Gasteiger partial charge is 0.227 e. The Morgan fingerprint density at radius 2 is 2.27 bits per heavy atom. The van der Waals surface area contributed by atoms with Crippen molar-refractivity contribution in [2.75, 3.05) is 11.1 Å². The van der Waals surface area contributed by atoms with Crippen LogP contribution in [0.3, 0.4) is 0 Å². The Balaban J connectivity index is 1.77. The second kappa shape index (κ2) is 7.56. The van der Waals surface area contributed by atoms with Gasteiger partial charge < -0.3 is 5.32 Å². The molecule has 1 aliphatic heterocycles. The zero-order chi connectivity index (χ0) is 18.1. The number of carbonyl (C=O) groups is 1. The molecule has 0 amide bonds. The minimum Gasteiger partial charge on any atom is -0.328 e. The fourth-order valence-electron chi connectivity index (χ4n) is 3.49.